The van der Waals surface area contributed by atoms with Crippen molar-refractivity contribution in [3.63, 3.8) is 0 Å². The largest absolute Gasteiger partial charge is 0.336 e. The van der Waals surface area contributed by atoms with Crippen LogP contribution in [0.15, 0.2) is 6.20 Å². The zero-order chi connectivity index (χ0) is 9.42. The van der Waals surface area contributed by atoms with E-state index in [0.717, 1.165) is 0 Å². The van der Waals surface area contributed by atoms with Crippen LogP contribution in [0.2, 0.25) is 0 Å². The summed E-state index contributed by atoms with van der Waals surface area (Å²) in [5.41, 5.74) is 0.401. The molecule has 2 rings (SSSR count). The van der Waals surface area contributed by atoms with E-state index < -0.39 is 0 Å². The van der Waals surface area contributed by atoms with Crippen molar-refractivity contribution in [3.8, 4) is 0 Å². The average Bonchev–Trinajstić information content (AvgIpc) is 2.48. The normalized spacial score (nSPS) is 17.2. The molecule has 68 valence electrons. The SMILES string of the molecule is CN1CC(=O)c2cnnn2CC1=O. The molecule has 2 heterocycles. The van der Waals surface area contributed by atoms with Crippen LogP contribution in [-0.4, -0.2) is 45.2 Å². The fourth-order valence-electron chi connectivity index (χ4n) is 1.22. The quantitative estimate of drug-likeness (QED) is 0.510. The van der Waals surface area contributed by atoms with Crippen molar-refractivity contribution in [2.24, 2.45) is 0 Å². The van der Waals surface area contributed by atoms with Crippen molar-refractivity contribution >= 4 is 11.7 Å². The van der Waals surface area contributed by atoms with E-state index in [1.165, 1.54) is 15.8 Å². The summed E-state index contributed by atoms with van der Waals surface area (Å²) in [5.74, 6) is -0.254. The standard InChI is InChI=1S/C7H8N4O2/c1-10-3-6(12)5-2-8-9-11(5)4-7(10)13/h2H,3-4H2,1H3. The van der Waals surface area contributed by atoms with E-state index >= 15 is 0 Å². The first-order valence-electron chi connectivity index (χ1n) is 3.84. The number of likely N-dealkylation sites (N-methyl/N-ethyl adjacent to an activating group) is 1. The molecule has 1 aliphatic heterocycles. The lowest BCUT2D eigenvalue weighted by Gasteiger charge is -2.10. The highest BCUT2D eigenvalue weighted by Gasteiger charge is 2.24. The van der Waals surface area contributed by atoms with Gasteiger partial charge in [0.2, 0.25) is 11.7 Å². The zero-order valence-corrected chi connectivity index (χ0v) is 7.10. The predicted octanol–water partition coefficient (Wildman–Crippen LogP) is -1.07. The number of ketones is 1. The van der Waals surface area contributed by atoms with Gasteiger partial charge >= 0.3 is 0 Å². The third kappa shape index (κ3) is 1.20. The Balaban J connectivity index is 2.43. The van der Waals surface area contributed by atoms with Crippen LogP contribution in [0.25, 0.3) is 0 Å². The van der Waals surface area contributed by atoms with Gasteiger partial charge in [-0.25, -0.2) is 4.68 Å². The molecule has 0 aliphatic carbocycles. The fraction of sp³-hybridized carbons (Fsp3) is 0.429. The first-order valence-corrected chi connectivity index (χ1v) is 3.84. The minimum absolute atomic E-state index is 0.0948. The van der Waals surface area contributed by atoms with Gasteiger partial charge < -0.3 is 4.90 Å². The molecule has 0 bridgehead atoms. The van der Waals surface area contributed by atoms with E-state index in [4.69, 9.17) is 0 Å². The van der Waals surface area contributed by atoms with Crippen LogP contribution in [0.4, 0.5) is 0 Å². The molecule has 0 N–H and O–H groups in total. The Hall–Kier alpha value is -1.72. The molecule has 0 saturated heterocycles. The number of fused-ring (bicyclic) bond motifs is 1. The molecular formula is C7H8N4O2. The molecule has 0 saturated carbocycles. The summed E-state index contributed by atoms with van der Waals surface area (Å²) in [6, 6.07) is 0. The first kappa shape index (κ1) is 7.90. The molecule has 1 aromatic heterocycles. The number of carbonyl (C=O) groups excluding carboxylic acids is 2. The van der Waals surface area contributed by atoms with Gasteiger partial charge in [0, 0.05) is 7.05 Å². The second kappa shape index (κ2) is 2.65. The summed E-state index contributed by atoms with van der Waals surface area (Å²) in [6.07, 6.45) is 1.38. The molecule has 1 amide bonds. The highest BCUT2D eigenvalue weighted by molar-refractivity contribution is 5.99. The molecule has 0 atom stereocenters. The van der Waals surface area contributed by atoms with E-state index in [1.807, 2.05) is 0 Å². The van der Waals surface area contributed by atoms with Crippen LogP contribution in [0.1, 0.15) is 10.5 Å². The molecule has 0 radical (unpaired) electrons. The molecular weight excluding hydrogens is 172 g/mol. The number of aromatic nitrogens is 3. The van der Waals surface area contributed by atoms with Crippen LogP contribution < -0.4 is 0 Å². The van der Waals surface area contributed by atoms with E-state index in [0.29, 0.717) is 5.69 Å². The second-order valence-electron chi connectivity index (χ2n) is 2.95. The van der Waals surface area contributed by atoms with Crippen molar-refractivity contribution < 1.29 is 9.59 Å². The summed E-state index contributed by atoms with van der Waals surface area (Å²) in [5, 5.41) is 7.23. The van der Waals surface area contributed by atoms with Gasteiger partial charge in [-0.3, -0.25) is 9.59 Å². The molecule has 0 fully saturated rings. The van der Waals surface area contributed by atoms with Crippen molar-refractivity contribution in [2.45, 2.75) is 6.54 Å². The lowest BCUT2D eigenvalue weighted by atomic mass is 10.3. The molecule has 0 aromatic carbocycles. The van der Waals surface area contributed by atoms with Gasteiger partial charge in [-0.15, -0.1) is 5.10 Å². The summed E-state index contributed by atoms with van der Waals surface area (Å²) in [7, 11) is 1.60. The Kier molecular flexibility index (Phi) is 1.61. The van der Waals surface area contributed by atoms with Crippen LogP contribution in [0.3, 0.4) is 0 Å². The third-order valence-corrected chi connectivity index (χ3v) is 1.99. The minimum atomic E-state index is -0.127. The number of amides is 1. The molecule has 6 nitrogen and oxygen atoms in total. The first-order chi connectivity index (χ1) is 6.18. The molecule has 6 heteroatoms. The van der Waals surface area contributed by atoms with E-state index in [-0.39, 0.29) is 24.8 Å². The van der Waals surface area contributed by atoms with Crippen molar-refractivity contribution in [3.05, 3.63) is 11.9 Å². The fourth-order valence-corrected chi connectivity index (χ4v) is 1.22. The van der Waals surface area contributed by atoms with Gasteiger partial charge in [0.25, 0.3) is 0 Å². The van der Waals surface area contributed by atoms with Gasteiger partial charge in [0.1, 0.15) is 12.2 Å². The van der Waals surface area contributed by atoms with Gasteiger partial charge in [-0.05, 0) is 0 Å². The molecule has 13 heavy (non-hydrogen) atoms. The minimum Gasteiger partial charge on any atom is -0.336 e. The summed E-state index contributed by atoms with van der Waals surface area (Å²) in [6.45, 7) is 0.198. The smallest absolute Gasteiger partial charge is 0.244 e. The second-order valence-corrected chi connectivity index (χ2v) is 2.95. The lowest BCUT2D eigenvalue weighted by molar-refractivity contribution is -0.130. The van der Waals surface area contributed by atoms with Crippen molar-refractivity contribution in [1.82, 2.24) is 19.9 Å². The van der Waals surface area contributed by atoms with Gasteiger partial charge in [0.15, 0.2) is 0 Å². The number of hydrogen-bond donors (Lipinski definition) is 0. The topological polar surface area (TPSA) is 68.1 Å². The van der Waals surface area contributed by atoms with E-state index in [2.05, 4.69) is 10.3 Å². The predicted molar refractivity (Wildman–Crippen MR) is 42.0 cm³/mol. The van der Waals surface area contributed by atoms with Crippen LogP contribution >= 0.6 is 0 Å². The summed E-state index contributed by atoms with van der Waals surface area (Å²) in [4.78, 5) is 24.1. The Morgan fingerprint density at radius 2 is 2.15 bits per heavy atom. The summed E-state index contributed by atoms with van der Waals surface area (Å²) < 4.78 is 1.33. The van der Waals surface area contributed by atoms with Crippen LogP contribution in [0, 0.1) is 0 Å². The van der Waals surface area contributed by atoms with Gasteiger partial charge in [-0.1, -0.05) is 5.21 Å². The molecule has 1 aliphatic rings. The van der Waals surface area contributed by atoms with Crippen molar-refractivity contribution in [2.75, 3.05) is 13.6 Å². The number of Topliss-reactive ketones (excluding diaryl/α,β-unsaturated/α-hetero) is 1. The highest BCUT2D eigenvalue weighted by Crippen LogP contribution is 2.05. The Morgan fingerprint density at radius 1 is 1.38 bits per heavy atom. The van der Waals surface area contributed by atoms with E-state index in [9.17, 15) is 9.59 Å². The monoisotopic (exact) mass is 180 g/mol. The van der Waals surface area contributed by atoms with E-state index in [1.54, 1.807) is 7.05 Å². The third-order valence-electron chi connectivity index (χ3n) is 1.99. The molecule has 0 spiro atoms. The molecule has 1 aromatic rings. The maximum atomic E-state index is 11.4. The zero-order valence-electron chi connectivity index (χ0n) is 7.10. The number of carbonyl (C=O) groups is 2. The van der Waals surface area contributed by atoms with Crippen molar-refractivity contribution in [1.29, 1.82) is 0 Å². The number of rotatable bonds is 0. The maximum absolute atomic E-state index is 11.4. The Bertz CT molecular complexity index is 370. The Morgan fingerprint density at radius 3 is 2.92 bits per heavy atom. The lowest BCUT2D eigenvalue weighted by Crippen LogP contribution is -2.30. The molecule has 0 unspecified atom stereocenters. The number of hydrogen-bond acceptors (Lipinski definition) is 4. The van der Waals surface area contributed by atoms with Gasteiger partial charge in [-0.2, -0.15) is 0 Å². The maximum Gasteiger partial charge on any atom is 0.244 e. The van der Waals surface area contributed by atoms with Crippen LogP contribution in [0.5, 0.6) is 0 Å². The van der Waals surface area contributed by atoms with Crippen LogP contribution in [-0.2, 0) is 11.3 Å². The van der Waals surface area contributed by atoms with Gasteiger partial charge in [0.05, 0.1) is 12.7 Å². The average molecular weight is 180 g/mol. The Labute approximate surface area is 74.1 Å². The summed E-state index contributed by atoms with van der Waals surface area (Å²) >= 11 is 0. The number of nitrogens with zero attached hydrogens (tertiary/aromatic N) is 4. The highest BCUT2D eigenvalue weighted by atomic mass is 16.2.